The number of ether oxygens (including phenoxy) is 1. The van der Waals surface area contributed by atoms with E-state index in [0.717, 1.165) is 0 Å². The van der Waals surface area contributed by atoms with Crippen molar-refractivity contribution in [3.05, 3.63) is 35.4 Å². The summed E-state index contributed by atoms with van der Waals surface area (Å²) in [6, 6.07) is 6.19. The molecule has 0 bridgehead atoms. The van der Waals surface area contributed by atoms with E-state index in [9.17, 15) is 4.79 Å². The number of carbonyl (C=O) groups excluding carboxylic acids is 1. The fourth-order valence-electron chi connectivity index (χ4n) is 1.08. The van der Waals surface area contributed by atoms with Crippen LogP contribution < -0.4 is 5.73 Å². The SMILES string of the molecule is C#Cc1cccc(C(N)C(=O)OC)c1. The Kier molecular flexibility index (Phi) is 3.27. The molecule has 0 aliphatic heterocycles. The molecular weight excluding hydrogens is 178 g/mol. The summed E-state index contributed by atoms with van der Waals surface area (Å²) >= 11 is 0. The summed E-state index contributed by atoms with van der Waals surface area (Å²) in [5.74, 6) is 2.00. The van der Waals surface area contributed by atoms with Crippen molar-refractivity contribution >= 4 is 5.97 Å². The van der Waals surface area contributed by atoms with Gasteiger partial charge < -0.3 is 10.5 Å². The second-order valence-corrected chi connectivity index (χ2v) is 2.77. The lowest BCUT2D eigenvalue weighted by Crippen LogP contribution is -2.22. The average molecular weight is 189 g/mol. The van der Waals surface area contributed by atoms with E-state index in [4.69, 9.17) is 12.2 Å². The lowest BCUT2D eigenvalue weighted by molar-refractivity contribution is -0.142. The highest BCUT2D eigenvalue weighted by atomic mass is 16.5. The molecule has 0 saturated heterocycles. The second-order valence-electron chi connectivity index (χ2n) is 2.77. The van der Waals surface area contributed by atoms with Gasteiger partial charge in [0.1, 0.15) is 6.04 Å². The lowest BCUT2D eigenvalue weighted by atomic mass is 10.1. The van der Waals surface area contributed by atoms with Crippen LogP contribution in [-0.2, 0) is 9.53 Å². The van der Waals surface area contributed by atoms with E-state index in [1.54, 1.807) is 24.3 Å². The Bertz CT molecular complexity index is 379. The van der Waals surface area contributed by atoms with Crippen molar-refractivity contribution in [3.8, 4) is 12.3 Å². The fraction of sp³-hybridized carbons (Fsp3) is 0.182. The van der Waals surface area contributed by atoms with Crippen molar-refractivity contribution in [1.29, 1.82) is 0 Å². The van der Waals surface area contributed by atoms with Crippen LogP contribution in [0.2, 0.25) is 0 Å². The molecule has 3 nitrogen and oxygen atoms in total. The van der Waals surface area contributed by atoms with E-state index in [2.05, 4.69) is 10.7 Å². The summed E-state index contributed by atoms with van der Waals surface area (Å²) in [7, 11) is 1.30. The molecule has 2 N–H and O–H groups in total. The Hall–Kier alpha value is -1.79. The smallest absolute Gasteiger partial charge is 0.327 e. The molecule has 0 radical (unpaired) electrons. The summed E-state index contributed by atoms with van der Waals surface area (Å²) < 4.78 is 4.52. The number of benzene rings is 1. The summed E-state index contributed by atoms with van der Waals surface area (Å²) in [6.45, 7) is 0. The topological polar surface area (TPSA) is 52.3 Å². The first-order chi connectivity index (χ1) is 6.69. The minimum Gasteiger partial charge on any atom is -0.468 e. The van der Waals surface area contributed by atoms with Gasteiger partial charge in [0, 0.05) is 5.56 Å². The number of terminal acetylenes is 1. The molecule has 0 spiro atoms. The largest absolute Gasteiger partial charge is 0.468 e. The standard InChI is InChI=1S/C11H11NO2/c1-3-8-5-4-6-9(7-8)10(12)11(13)14-2/h1,4-7,10H,12H2,2H3. The second kappa shape index (κ2) is 4.45. The molecule has 1 unspecified atom stereocenters. The van der Waals surface area contributed by atoms with Gasteiger partial charge in [0.05, 0.1) is 7.11 Å². The number of hydrogen-bond acceptors (Lipinski definition) is 3. The molecular formula is C11H11NO2. The molecule has 0 aromatic heterocycles. The Morgan fingerprint density at radius 3 is 2.93 bits per heavy atom. The molecule has 0 heterocycles. The van der Waals surface area contributed by atoms with Crippen molar-refractivity contribution in [2.45, 2.75) is 6.04 Å². The zero-order valence-electron chi connectivity index (χ0n) is 7.86. The summed E-state index contributed by atoms with van der Waals surface area (Å²) in [6.07, 6.45) is 5.22. The first-order valence-corrected chi connectivity index (χ1v) is 4.09. The van der Waals surface area contributed by atoms with Crippen molar-refractivity contribution in [2.24, 2.45) is 5.73 Å². The van der Waals surface area contributed by atoms with Crippen molar-refractivity contribution in [2.75, 3.05) is 7.11 Å². The number of methoxy groups -OCH3 is 1. The van der Waals surface area contributed by atoms with Crippen LogP contribution in [0.4, 0.5) is 0 Å². The average Bonchev–Trinajstić information content (AvgIpc) is 2.27. The first-order valence-electron chi connectivity index (χ1n) is 4.09. The zero-order chi connectivity index (χ0) is 10.6. The molecule has 1 aromatic carbocycles. The Balaban J connectivity index is 2.96. The van der Waals surface area contributed by atoms with Crippen LogP contribution in [0.5, 0.6) is 0 Å². The number of esters is 1. The van der Waals surface area contributed by atoms with E-state index in [1.807, 2.05) is 0 Å². The monoisotopic (exact) mass is 189 g/mol. The molecule has 0 saturated carbocycles. The number of rotatable bonds is 2. The van der Waals surface area contributed by atoms with E-state index >= 15 is 0 Å². The Labute approximate surface area is 82.9 Å². The van der Waals surface area contributed by atoms with Gasteiger partial charge in [-0.3, -0.25) is 4.79 Å². The quantitative estimate of drug-likeness (QED) is 0.554. The van der Waals surface area contributed by atoms with Gasteiger partial charge in [-0.2, -0.15) is 0 Å². The molecule has 3 heteroatoms. The molecule has 1 aromatic rings. The first kappa shape index (κ1) is 10.3. The maximum Gasteiger partial charge on any atom is 0.327 e. The van der Waals surface area contributed by atoms with Crippen molar-refractivity contribution in [3.63, 3.8) is 0 Å². The van der Waals surface area contributed by atoms with E-state index in [1.165, 1.54) is 7.11 Å². The number of carbonyl (C=O) groups is 1. The summed E-state index contributed by atoms with van der Waals surface area (Å²) in [5, 5.41) is 0. The van der Waals surface area contributed by atoms with Gasteiger partial charge >= 0.3 is 5.97 Å². The summed E-state index contributed by atoms with van der Waals surface area (Å²) in [4.78, 5) is 11.1. The maximum absolute atomic E-state index is 11.1. The number of nitrogens with two attached hydrogens (primary N) is 1. The third-order valence-electron chi connectivity index (χ3n) is 1.87. The van der Waals surface area contributed by atoms with Gasteiger partial charge in [-0.25, -0.2) is 0 Å². The van der Waals surface area contributed by atoms with E-state index < -0.39 is 12.0 Å². The van der Waals surface area contributed by atoms with Gasteiger partial charge in [-0.05, 0) is 17.7 Å². The van der Waals surface area contributed by atoms with Gasteiger partial charge in [0.2, 0.25) is 0 Å². The van der Waals surface area contributed by atoms with Crippen LogP contribution in [0.3, 0.4) is 0 Å². The maximum atomic E-state index is 11.1. The minimum atomic E-state index is -0.770. The highest BCUT2D eigenvalue weighted by Crippen LogP contribution is 2.13. The van der Waals surface area contributed by atoms with E-state index in [-0.39, 0.29) is 0 Å². The molecule has 0 fully saturated rings. The van der Waals surface area contributed by atoms with Crippen LogP contribution in [0, 0.1) is 12.3 Å². The lowest BCUT2D eigenvalue weighted by Gasteiger charge is -2.09. The molecule has 0 aliphatic rings. The van der Waals surface area contributed by atoms with Crippen molar-refractivity contribution < 1.29 is 9.53 Å². The fourth-order valence-corrected chi connectivity index (χ4v) is 1.08. The molecule has 14 heavy (non-hydrogen) atoms. The van der Waals surface area contributed by atoms with Gasteiger partial charge in [-0.15, -0.1) is 6.42 Å². The Morgan fingerprint density at radius 2 is 2.36 bits per heavy atom. The Morgan fingerprint density at radius 1 is 1.64 bits per heavy atom. The van der Waals surface area contributed by atoms with Crippen LogP contribution in [0.1, 0.15) is 17.2 Å². The highest BCUT2D eigenvalue weighted by molar-refractivity contribution is 5.77. The zero-order valence-corrected chi connectivity index (χ0v) is 7.86. The predicted molar refractivity (Wildman–Crippen MR) is 53.3 cm³/mol. The van der Waals surface area contributed by atoms with Gasteiger partial charge in [0.15, 0.2) is 0 Å². The number of hydrogen-bond donors (Lipinski definition) is 1. The van der Waals surface area contributed by atoms with Crippen LogP contribution in [0.25, 0.3) is 0 Å². The third-order valence-corrected chi connectivity index (χ3v) is 1.87. The molecule has 1 rings (SSSR count). The molecule has 1 atom stereocenters. The van der Waals surface area contributed by atoms with Crippen molar-refractivity contribution in [1.82, 2.24) is 0 Å². The third kappa shape index (κ3) is 2.12. The normalized spacial score (nSPS) is 11.5. The molecule has 0 aliphatic carbocycles. The minimum absolute atomic E-state index is 0.473. The molecule has 0 amide bonds. The van der Waals surface area contributed by atoms with Gasteiger partial charge in [-0.1, -0.05) is 18.1 Å². The van der Waals surface area contributed by atoms with E-state index in [0.29, 0.717) is 11.1 Å². The highest BCUT2D eigenvalue weighted by Gasteiger charge is 2.15. The van der Waals surface area contributed by atoms with Crippen LogP contribution >= 0.6 is 0 Å². The summed E-state index contributed by atoms with van der Waals surface area (Å²) in [5.41, 5.74) is 6.99. The predicted octanol–water partition coefficient (Wildman–Crippen LogP) is 0.841. The van der Waals surface area contributed by atoms with Gasteiger partial charge in [0.25, 0.3) is 0 Å². The van der Waals surface area contributed by atoms with Crippen LogP contribution in [-0.4, -0.2) is 13.1 Å². The van der Waals surface area contributed by atoms with Crippen LogP contribution in [0.15, 0.2) is 24.3 Å². The molecule has 72 valence electrons.